The highest BCUT2D eigenvalue weighted by Gasteiger charge is 2.15. The van der Waals surface area contributed by atoms with Crippen LogP contribution in [-0.2, 0) is 16.2 Å². The van der Waals surface area contributed by atoms with E-state index < -0.39 is 11.8 Å². The summed E-state index contributed by atoms with van der Waals surface area (Å²) >= 11 is 6.33. The molecule has 0 aliphatic heterocycles. The molecule has 2 rings (SSSR count). The molecule has 7 nitrogen and oxygen atoms in total. The van der Waals surface area contributed by atoms with E-state index in [0.717, 1.165) is 12.0 Å². The molecule has 2 amide bonds. The maximum absolute atomic E-state index is 11.7. The van der Waals surface area contributed by atoms with Gasteiger partial charge in [0.25, 0.3) is 0 Å². The zero-order chi connectivity index (χ0) is 21.2. The summed E-state index contributed by atoms with van der Waals surface area (Å²) in [6, 6.07) is 12.9. The molecule has 154 valence electrons. The van der Waals surface area contributed by atoms with Crippen molar-refractivity contribution in [1.29, 1.82) is 0 Å². The van der Waals surface area contributed by atoms with E-state index in [1.165, 1.54) is 13.3 Å². The Labute approximate surface area is 175 Å². The average molecular weight is 418 g/mol. The van der Waals surface area contributed by atoms with Gasteiger partial charge in [0.1, 0.15) is 6.61 Å². The fourth-order valence-electron chi connectivity index (χ4n) is 2.29. The Morgan fingerprint density at radius 2 is 1.93 bits per heavy atom. The quantitative estimate of drug-likeness (QED) is 0.392. The predicted octanol–water partition coefficient (Wildman–Crippen LogP) is 3.29. The topological polar surface area (TPSA) is 89.0 Å². The van der Waals surface area contributed by atoms with Crippen LogP contribution >= 0.6 is 11.6 Å². The molecule has 0 heterocycles. The number of nitrogens with one attached hydrogen (secondary N) is 2. The van der Waals surface area contributed by atoms with Crippen molar-refractivity contribution in [1.82, 2.24) is 10.7 Å². The minimum Gasteiger partial charge on any atom is -0.493 e. The van der Waals surface area contributed by atoms with Crippen molar-refractivity contribution in [2.45, 2.75) is 32.9 Å². The maximum atomic E-state index is 11.7. The minimum absolute atomic E-state index is 0.0938. The number of amides is 2. The van der Waals surface area contributed by atoms with E-state index in [2.05, 4.69) is 15.8 Å². The molecule has 0 saturated carbocycles. The molecule has 29 heavy (non-hydrogen) atoms. The molecule has 0 aliphatic rings. The third-order valence-corrected chi connectivity index (χ3v) is 4.33. The Morgan fingerprint density at radius 3 is 2.59 bits per heavy atom. The lowest BCUT2D eigenvalue weighted by atomic mass is 10.2. The van der Waals surface area contributed by atoms with Gasteiger partial charge in [-0.3, -0.25) is 9.59 Å². The van der Waals surface area contributed by atoms with Gasteiger partial charge >= 0.3 is 11.8 Å². The molecule has 1 atom stereocenters. The van der Waals surface area contributed by atoms with Gasteiger partial charge in [0.2, 0.25) is 0 Å². The van der Waals surface area contributed by atoms with E-state index in [1.54, 1.807) is 12.1 Å². The Morgan fingerprint density at radius 1 is 1.21 bits per heavy atom. The van der Waals surface area contributed by atoms with Crippen LogP contribution in [0.5, 0.6) is 11.5 Å². The lowest BCUT2D eigenvalue weighted by Crippen LogP contribution is -2.41. The third-order valence-electron chi connectivity index (χ3n) is 4.05. The van der Waals surface area contributed by atoms with Crippen LogP contribution in [0.4, 0.5) is 0 Å². The Bertz CT molecular complexity index is 872. The average Bonchev–Trinajstić information content (AvgIpc) is 2.73. The molecular weight excluding hydrogens is 394 g/mol. The molecular formula is C21H24ClN3O4. The number of halogens is 1. The molecule has 0 saturated heterocycles. The van der Waals surface area contributed by atoms with Crippen LogP contribution in [0, 0.1) is 0 Å². The number of rotatable bonds is 8. The van der Waals surface area contributed by atoms with Gasteiger partial charge in [-0.1, -0.05) is 48.9 Å². The smallest absolute Gasteiger partial charge is 0.329 e. The second kappa shape index (κ2) is 11.1. The summed E-state index contributed by atoms with van der Waals surface area (Å²) in [5, 5.41) is 6.69. The van der Waals surface area contributed by atoms with Crippen molar-refractivity contribution in [3.63, 3.8) is 0 Å². The second-order valence-corrected chi connectivity index (χ2v) is 6.70. The standard InChI is InChI=1S/C21H24ClN3O4/c1-4-14(2)24-20(26)21(27)25-23-12-16-10-17(22)19(18(11-16)28-3)29-13-15-8-6-5-7-9-15/h5-12,14H,4,13H2,1-3H3,(H,24,26)(H,25,27)/b23-12-/t14-/m1/s1. The van der Waals surface area contributed by atoms with E-state index in [0.29, 0.717) is 28.7 Å². The molecule has 8 heteroatoms. The van der Waals surface area contributed by atoms with E-state index >= 15 is 0 Å². The maximum Gasteiger partial charge on any atom is 0.329 e. The van der Waals surface area contributed by atoms with E-state index in [1.807, 2.05) is 44.2 Å². The normalized spacial score (nSPS) is 11.7. The first-order chi connectivity index (χ1) is 13.9. The molecule has 0 spiro atoms. The lowest BCUT2D eigenvalue weighted by molar-refractivity contribution is -0.139. The van der Waals surface area contributed by atoms with Gasteiger partial charge in [-0.05, 0) is 36.6 Å². The summed E-state index contributed by atoms with van der Waals surface area (Å²) in [7, 11) is 1.50. The molecule has 2 aromatic rings. The van der Waals surface area contributed by atoms with Crippen LogP contribution < -0.4 is 20.2 Å². The highest BCUT2D eigenvalue weighted by molar-refractivity contribution is 6.35. The van der Waals surface area contributed by atoms with E-state index in [-0.39, 0.29) is 6.04 Å². The first kappa shape index (κ1) is 22.2. The molecule has 0 fully saturated rings. The van der Waals surface area contributed by atoms with Gasteiger partial charge in [-0.2, -0.15) is 5.10 Å². The van der Waals surface area contributed by atoms with Crippen LogP contribution in [0.15, 0.2) is 47.6 Å². The fourth-order valence-corrected chi connectivity index (χ4v) is 2.57. The summed E-state index contributed by atoms with van der Waals surface area (Å²) in [5.41, 5.74) is 3.75. The second-order valence-electron chi connectivity index (χ2n) is 6.29. The summed E-state index contributed by atoms with van der Waals surface area (Å²) in [5.74, 6) is -0.748. The number of hydrogen-bond donors (Lipinski definition) is 2. The number of hydrazone groups is 1. The van der Waals surface area contributed by atoms with Crippen molar-refractivity contribution >= 4 is 29.6 Å². The van der Waals surface area contributed by atoms with Crippen LogP contribution in [0.25, 0.3) is 0 Å². The number of benzene rings is 2. The van der Waals surface area contributed by atoms with Crippen molar-refractivity contribution in [2.75, 3.05) is 7.11 Å². The molecule has 0 radical (unpaired) electrons. The van der Waals surface area contributed by atoms with Crippen molar-refractivity contribution < 1.29 is 19.1 Å². The molecule has 0 bridgehead atoms. The molecule has 0 unspecified atom stereocenters. The van der Waals surface area contributed by atoms with Gasteiger partial charge in [0.15, 0.2) is 11.5 Å². The number of carbonyl (C=O) groups is 2. The lowest BCUT2D eigenvalue weighted by Gasteiger charge is -2.13. The van der Waals surface area contributed by atoms with E-state index in [4.69, 9.17) is 21.1 Å². The van der Waals surface area contributed by atoms with Gasteiger partial charge in [-0.15, -0.1) is 0 Å². The molecule has 2 aromatic carbocycles. The number of nitrogens with zero attached hydrogens (tertiary/aromatic N) is 1. The summed E-state index contributed by atoms with van der Waals surface area (Å²) < 4.78 is 11.2. The van der Waals surface area contributed by atoms with Gasteiger partial charge < -0.3 is 14.8 Å². The zero-order valence-corrected chi connectivity index (χ0v) is 17.3. The summed E-state index contributed by atoms with van der Waals surface area (Å²) in [6.45, 7) is 4.06. The summed E-state index contributed by atoms with van der Waals surface area (Å²) in [4.78, 5) is 23.4. The third kappa shape index (κ3) is 6.80. The fraction of sp³-hybridized carbons (Fsp3) is 0.286. The Balaban J connectivity index is 2.03. The number of ether oxygens (including phenoxy) is 2. The van der Waals surface area contributed by atoms with Crippen molar-refractivity contribution in [2.24, 2.45) is 5.10 Å². The first-order valence-electron chi connectivity index (χ1n) is 9.12. The Kier molecular flexibility index (Phi) is 8.48. The first-order valence-corrected chi connectivity index (χ1v) is 9.50. The molecule has 2 N–H and O–H groups in total. The van der Waals surface area contributed by atoms with Crippen LogP contribution in [0.1, 0.15) is 31.4 Å². The molecule has 0 aromatic heterocycles. The van der Waals surface area contributed by atoms with Crippen LogP contribution in [-0.4, -0.2) is 31.2 Å². The van der Waals surface area contributed by atoms with Gasteiger partial charge in [-0.25, -0.2) is 5.43 Å². The van der Waals surface area contributed by atoms with Crippen LogP contribution in [0.3, 0.4) is 0 Å². The highest BCUT2D eigenvalue weighted by Crippen LogP contribution is 2.36. The van der Waals surface area contributed by atoms with Crippen molar-refractivity contribution in [3.8, 4) is 11.5 Å². The Hall–Kier alpha value is -3.06. The highest BCUT2D eigenvalue weighted by atomic mass is 35.5. The van der Waals surface area contributed by atoms with Crippen LogP contribution in [0.2, 0.25) is 5.02 Å². The monoisotopic (exact) mass is 417 g/mol. The number of methoxy groups -OCH3 is 1. The SMILES string of the molecule is CC[C@@H](C)NC(=O)C(=O)N/N=C\c1cc(Cl)c(OCc2ccccc2)c(OC)c1. The van der Waals surface area contributed by atoms with Crippen molar-refractivity contribution in [3.05, 3.63) is 58.6 Å². The predicted molar refractivity (Wildman–Crippen MR) is 112 cm³/mol. The zero-order valence-electron chi connectivity index (χ0n) is 16.6. The van der Waals surface area contributed by atoms with Gasteiger partial charge in [0.05, 0.1) is 18.3 Å². The minimum atomic E-state index is -0.845. The number of carbonyl (C=O) groups excluding carboxylic acids is 2. The molecule has 0 aliphatic carbocycles. The largest absolute Gasteiger partial charge is 0.493 e. The summed E-state index contributed by atoms with van der Waals surface area (Å²) in [6.07, 6.45) is 2.09. The number of hydrogen-bond acceptors (Lipinski definition) is 5. The van der Waals surface area contributed by atoms with E-state index in [9.17, 15) is 9.59 Å². The van der Waals surface area contributed by atoms with Gasteiger partial charge in [0, 0.05) is 6.04 Å².